The SMILES string of the molecule is CC(=O)Nc1ccc(C)c(NC(=O)NCCCOCc2ccco2)c1. The lowest BCUT2D eigenvalue weighted by molar-refractivity contribution is -0.114. The van der Waals surface area contributed by atoms with Gasteiger partial charge in [-0.05, 0) is 43.2 Å². The first-order valence-corrected chi connectivity index (χ1v) is 8.08. The van der Waals surface area contributed by atoms with Crippen LogP contribution in [0.5, 0.6) is 0 Å². The zero-order valence-electron chi connectivity index (χ0n) is 14.4. The predicted octanol–water partition coefficient (Wildman–Crippen LogP) is 3.27. The van der Waals surface area contributed by atoms with Crippen molar-refractivity contribution in [2.75, 3.05) is 23.8 Å². The summed E-state index contributed by atoms with van der Waals surface area (Å²) in [6.45, 7) is 4.77. The summed E-state index contributed by atoms with van der Waals surface area (Å²) in [6, 6.07) is 8.72. The lowest BCUT2D eigenvalue weighted by Crippen LogP contribution is -2.30. The summed E-state index contributed by atoms with van der Waals surface area (Å²) in [5.41, 5.74) is 2.20. The third kappa shape index (κ3) is 6.68. The van der Waals surface area contributed by atoms with Crippen molar-refractivity contribution in [2.24, 2.45) is 0 Å². The van der Waals surface area contributed by atoms with Crippen molar-refractivity contribution in [3.05, 3.63) is 47.9 Å². The molecular weight excluding hydrogens is 322 g/mol. The molecule has 1 aromatic heterocycles. The number of anilines is 2. The van der Waals surface area contributed by atoms with Gasteiger partial charge in [0.1, 0.15) is 12.4 Å². The van der Waals surface area contributed by atoms with Crippen LogP contribution in [-0.4, -0.2) is 25.1 Å². The molecule has 2 rings (SSSR count). The minimum Gasteiger partial charge on any atom is -0.467 e. The van der Waals surface area contributed by atoms with Gasteiger partial charge in [0.25, 0.3) is 0 Å². The highest BCUT2D eigenvalue weighted by molar-refractivity contribution is 5.93. The Bertz CT molecular complexity index is 698. The van der Waals surface area contributed by atoms with Crippen LogP contribution >= 0.6 is 0 Å². The molecule has 0 radical (unpaired) electrons. The predicted molar refractivity (Wildman–Crippen MR) is 95.5 cm³/mol. The number of benzene rings is 1. The fourth-order valence-corrected chi connectivity index (χ4v) is 2.15. The summed E-state index contributed by atoms with van der Waals surface area (Å²) in [5.74, 6) is 0.619. The number of carbonyl (C=O) groups is 2. The molecule has 0 atom stereocenters. The molecule has 3 N–H and O–H groups in total. The Morgan fingerprint density at radius 1 is 1.20 bits per heavy atom. The maximum atomic E-state index is 12.0. The van der Waals surface area contributed by atoms with E-state index in [4.69, 9.17) is 9.15 Å². The van der Waals surface area contributed by atoms with Crippen LogP contribution in [0.1, 0.15) is 24.7 Å². The zero-order valence-corrected chi connectivity index (χ0v) is 14.4. The van der Waals surface area contributed by atoms with Gasteiger partial charge in [0.15, 0.2) is 0 Å². The summed E-state index contributed by atoms with van der Waals surface area (Å²) in [7, 11) is 0. The Kier molecular flexibility index (Phi) is 7.03. The second-order valence-electron chi connectivity index (χ2n) is 5.58. The van der Waals surface area contributed by atoms with Crippen molar-refractivity contribution in [3.63, 3.8) is 0 Å². The topological polar surface area (TPSA) is 92.6 Å². The summed E-state index contributed by atoms with van der Waals surface area (Å²) < 4.78 is 10.6. The van der Waals surface area contributed by atoms with Gasteiger partial charge in [-0.25, -0.2) is 4.79 Å². The highest BCUT2D eigenvalue weighted by atomic mass is 16.5. The van der Waals surface area contributed by atoms with Crippen molar-refractivity contribution in [1.29, 1.82) is 0 Å². The molecule has 7 nitrogen and oxygen atoms in total. The molecule has 25 heavy (non-hydrogen) atoms. The first-order chi connectivity index (χ1) is 12.0. The van der Waals surface area contributed by atoms with Gasteiger partial charge in [0, 0.05) is 31.5 Å². The monoisotopic (exact) mass is 345 g/mol. The van der Waals surface area contributed by atoms with Crippen LogP contribution in [0.25, 0.3) is 0 Å². The van der Waals surface area contributed by atoms with Gasteiger partial charge in [0.05, 0.1) is 6.26 Å². The summed E-state index contributed by atoms with van der Waals surface area (Å²) in [5, 5.41) is 8.24. The fourth-order valence-electron chi connectivity index (χ4n) is 2.15. The summed E-state index contributed by atoms with van der Waals surface area (Å²) in [6.07, 6.45) is 2.30. The molecule has 0 bridgehead atoms. The molecule has 0 aliphatic carbocycles. The largest absolute Gasteiger partial charge is 0.467 e. The highest BCUT2D eigenvalue weighted by Crippen LogP contribution is 2.20. The first-order valence-electron chi connectivity index (χ1n) is 8.08. The average Bonchev–Trinajstić information content (AvgIpc) is 3.07. The first kappa shape index (κ1) is 18.5. The van der Waals surface area contributed by atoms with Gasteiger partial charge in [0.2, 0.25) is 5.91 Å². The van der Waals surface area contributed by atoms with Crippen LogP contribution in [0.15, 0.2) is 41.0 Å². The van der Waals surface area contributed by atoms with Gasteiger partial charge >= 0.3 is 6.03 Å². The molecule has 0 aliphatic rings. The second kappa shape index (κ2) is 9.48. The van der Waals surface area contributed by atoms with E-state index in [9.17, 15) is 9.59 Å². The van der Waals surface area contributed by atoms with Crippen LogP contribution < -0.4 is 16.0 Å². The Labute approximate surface area is 146 Å². The summed E-state index contributed by atoms with van der Waals surface area (Å²) >= 11 is 0. The molecule has 1 aromatic carbocycles. The van der Waals surface area contributed by atoms with Gasteiger partial charge in [-0.3, -0.25) is 4.79 Å². The van der Waals surface area contributed by atoms with E-state index in [0.717, 1.165) is 11.3 Å². The van der Waals surface area contributed by atoms with Crippen LogP contribution in [0.2, 0.25) is 0 Å². The van der Waals surface area contributed by atoms with Crippen molar-refractivity contribution >= 4 is 23.3 Å². The van der Waals surface area contributed by atoms with E-state index >= 15 is 0 Å². The number of carbonyl (C=O) groups excluding carboxylic acids is 2. The number of aryl methyl sites for hydroxylation is 1. The molecule has 0 saturated heterocycles. The van der Waals surface area contributed by atoms with Crippen molar-refractivity contribution in [1.82, 2.24) is 5.32 Å². The van der Waals surface area contributed by atoms with Crippen LogP contribution in [0.4, 0.5) is 16.2 Å². The smallest absolute Gasteiger partial charge is 0.319 e. The van der Waals surface area contributed by atoms with Crippen molar-refractivity contribution in [3.8, 4) is 0 Å². The van der Waals surface area contributed by atoms with Gasteiger partial charge in [-0.2, -0.15) is 0 Å². The number of furan rings is 1. The molecule has 0 aliphatic heterocycles. The molecular formula is C18H23N3O4. The van der Waals surface area contributed by atoms with Gasteiger partial charge in [-0.1, -0.05) is 6.07 Å². The standard InChI is InChI=1S/C18H23N3O4/c1-13-6-7-15(20-14(2)22)11-17(13)21-18(23)19-8-4-9-24-12-16-5-3-10-25-16/h3,5-7,10-11H,4,8-9,12H2,1-2H3,(H,20,22)(H2,19,21,23). The lowest BCUT2D eigenvalue weighted by Gasteiger charge is -2.12. The van der Waals surface area contributed by atoms with E-state index in [1.807, 2.05) is 25.1 Å². The van der Waals surface area contributed by atoms with Gasteiger partial charge in [-0.15, -0.1) is 0 Å². The minimum absolute atomic E-state index is 0.159. The molecule has 3 amide bonds. The van der Waals surface area contributed by atoms with Crippen molar-refractivity contribution in [2.45, 2.75) is 26.9 Å². The third-order valence-electron chi connectivity index (χ3n) is 3.38. The fraction of sp³-hybridized carbons (Fsp3) is 0.333. The highest BCUT2D eigenvalue weighted by Gasteiger charge is 2.06. The molecule has 7 heteroatoms. The Morgan fingerprint density at radius 3 is 2.76 bits per heavy atom. The number of urea groups is 1. The number of hydrogen-bond acceptors (Lipinski definition) is 4. The zero-order chi connectivity index (χ0) is 18.1. The van der Waals surface area contributed by atoms with Crippen LogP contribution in [0, 0.1) is 6.92 Å². The Balaban J connectivity index is 1.68. The molecule has 2 aromatic rings. The van der Waals surface area contributed by atoms with E-state index in [-0.39, 0.29) is 11.9 Å². The molecule has 0 unspecified atom stereocenters. The molecule has 0 spiro atoms. The van der Waals surface area contributed by atoms with E-state index in [2.05, 4.69) is 16.0 Å². The van der Waals surface area contributed by atoms with E-state index in [1.165, 1.54) is 6.92 Å². The van der Waals surface area contributed by atoms with Crippen LogP contribution in [-0.2, 0) is 16.1 Å². The van der Waals surface area contributed by atoms with Crippen molar-refractivity contribution < 1.29 is 18.7 Å². The number of ether oxygens (including phenoxy) is 1. The molecule has 134 valence electrons. The van der Waals surface area contributed by atoms with E-state index in [0.29, 0.717) is 37.6 Å². The quantitative estimate of drug-likeness (QED) is 0.640. The molecule has 0 saturated carbocycles. The normalized spacial score (nSPS) is 10.3. The Morgan fingerprint density at radius 2 is 2.04 bits per heavy atom. The minimum atomic E-state index is -0.297. The van der Waals surface area contributed by atoms with E-state index < -0.39 is 0 Å². The summed E-state index contributed by atoms with van der Waals surface area (Å²) in [4.78, 5) is 23.1. The molecule has 1 heterocycles. The number of nitrogens with one attached hydrogen (secondary N) is 3. The number of amides is 3. The molecule has 0 fully saturated rings. The maximum absolute atomic E-state index is 12.0. The van der Waals surface area contributed by atoms with Crippen LogP contribution in [0.3, 0.4) is 0 Å². The lowest BCUT2D eigenvalue weighted by atomic mass is 10.2. The maximum Gasteiger partial charge on any atom is 0.319 e. The third-order valence-corrected chi connectivity index (χ3v) is 3.38. The second-order valence-corrected chi connectivity index (χ2v) is 5.58. The number of hydrogen-bond donors (Lipinski definition) is 3. The number of rotatable bonds is 8. The average molecular weight is 345 g/mol. The Hall–Kier alpha value is -2.80. The van der Waals surface area contributed by atoms with E-state index in [1.54, 1.807) is 18.4 Å². The van der Waals surface area contributed by atoms with Gasteiger partial charge < -0.3 is 25.1 Å².